The van der Waals surface area contributed by atoms with Gasteiger partial charge in [0.15, 0.2) is 0 Å². The van der Waals surface area contributed by atoms with Gasteiger partial charge in [0.2, 0.25) is 0 Å². The van der Waals surface area contributed by atoms with Crippen molar-refractivity contribution in [3.8, 4) is 0 Å². The van der Waals surface area contributed by atoms with Crippen molar-refractivity contribution in [3.05, 3.63) is 57.4 Å². The predicted octanol–water partition coefficient (Wildman–Crippen LogP) is 1.69. The van der Waals surface area contributed by atoms with E-state index in [1.165, 1.54) is 0 Å². The second kappa shape index (κ2) is 5.67. The van der Waals surface area contributed by atoms with Crippen LogP contribution in [0.4, 0.5) is 0 Å². The van der Waals surface area contributed by atoms with Gasteiger partial charge in [-0.15, -0.1) is 0 Å². The van der Waals surface area contributed by atoms with Gasteiger partial charge in [-0.25, -0.2) is 0 Å². The predicted molar refractivity (Wildman–Crippen MR) is 74.9 cm³/mol. The summed E-state index contributed by atoms with van der Waals surface area (Å²) in [5.41, 5.74) is 5.61. The van der Waals surface area contributed by atoms with Crippen LogP contribution in [-0.4, -0.2) is 16.8 Å². The highest BCUT2D eigenvalue weighted by atomic mass is 127. The molecule has 1 aromatic heterocycles. The molecule has 0 aliphatic carbocycles. The molecule has 1 aromatic carbocycles. The molecule has 1 heterocycles. The second-order valence-electron chi connectivity index (χ2n) is 3.47. The Kier molecular flexibility index (Phi) is 3.98. The van der Waals surface area contributed by atoms with Crippen molar-refractivity contribution in [1.82, 2.24) is 15.8 Å². The quantitative estimate of drug-likeness (QED) is 0.567. The summed E-state index contributed by atoms with van der Waals surface area (Å²) in [4.78, 5) is 26.1. The van der Waals surface area contributed by atoms with Gasteiger partial charge in [0, 0.05) is 9.77 Å². The first-order valence-corrected chi connectivity index (χ1v) is 6.25. The summed E-state index contributed by atoms with van der Waals surface area (Å²) in [6, 6.07) is 10.4. The van der Waals surface area contributed by atoms with Crippen LogP contribution in [0.5, 0.6) is 0 Å². The Labute approximate surface area is 117 Å². The van der Waals surface area contributed by atoms with Crippen LogP contribution in [0.15, 0.2) is 42.6 Å². The number of benzene rings is 1. The Hall–Kier alpha value is -1.83. The van der Waals surface area contributed by atoms with Crippen molar-refractivity contribution < 1.29 is 9.59 Å². The molecule has 2 rings (SSSR count). The maximum Gasteiger partial charge on any atom is 0.286 e. The fourth-order valence-corrected chi connectivity index (χ4v) is 2.00. The molecule has 0 unspecified atom stereocenters. The number of aromatic nitrogens is 1. The number of rotatable bonds is 2. The maximum atomic E-state index is 11.8. The van der Waals surface area contributed by atoms with Gasteiger partial charge in [0.25, 0.3) is 11.8 Å². The summed E-state index contributed by atoms with van der Waals surface area (Å²) in [6.45, 7) is 0. The first kappa shape index (κ1) is 12.6. The number of H-pyrrole nitrogens is 1. The number of aromatic amines is 1. The Balaban J connectivity index is 1.97. The Morgan fingerprint density at radius 2 is 1.72 bits per heavy atom. The Bertz CT molecular complexity index is 566. The van der Waals surface area contributed by atoms with Crippen molar-refractivity contribution >= 4 is 34.4 Å². The standard InChI is InChI=1S/C12H10IN3O2/c13-9-5-2-1-4-8(9)11(17)15-16-12(18)10-6-3-7-14-10/h1-7,14H,(H,15,17)(H,16,18). The van der Waals surface area contributed by atoms with E-state index in [1.807, 2.05) is 12.1 Å². The normalized spacial score (nSPS) is 9.83. The molecule has 5 nitrogen and oxygen atoms in total. The zero-order valence-electron chi connectivity index (χ0n) is 9.24. The third-order valence-electron chi connectivity index (χ3n) is 2.25. The number of nitrogens with one attached hydrogen (secondary N) is 3. The molecule has 0 aliphatic rings. The summed E-state index contributed by atoms with van der Waals surface area (Å²) in [5, 5.41) is 0. The molecule has 0 atom stereocenters. The molecule has 6 heteroatoms. The number of hydrazine groups is 1. The van der Waals surface area contributed by atoms with Crippen LogP contribution in [0, 0.1) is 3.57 Å². The lowest BCUT2D eigenvalue weighted by atomic mass is 10.2. The second-order valence-corrected chi connectivity index (χ2v) is 4.63. The number of carbonyl (C=O) groups is 2. The van der Waals surface area contributed by atoms with E-state index >= 15 is 0 Å². The smallest absolute Gasteiger partial charge is 0.286 e. The van der Waals surface area contributed by atoms with E-state index in [-0.39, 0.29) is 11.8 Å². The lowest BCUT2D eigenvalue weighted by Gasteiger charge is -2.07. The highest BCUT2D eigenvalue weighted by Gasteiger charge is 2.11. The van der Waals surface area contributed by atoms with Gasteiger partial charge < -0.3 is 4.98 Å². The Morgan fingerprint density at radius 1 is 1.00 bits per heavy atom. The van der Waals surface area contributed by atoms with Gasteiger partial charge in [-0.1, -0.05) is 12.1 Å². The van der Waals surface area contributed by atoms with E-state index in [4.69, 9.17) is 0 Å². The number of amides is 2. The topological polar surface area (TPSA) is 74.0 Å². The van der Waals surface area contributed by atoms with E-state index < -0.39 is 0 Å². The summed E-state index contributed by atoms with van der Waals surface area (Å²) >= 11 is 2.06. The van der Waals surface area contributed by atoms with E-state index in [9.17, 15) is 9.59 Å². The zero-order valence-corrected chi connectivity index (χ0v) is 11.4. The number of halogens is 1. The minimum atomic E-state index is -0.390. The molecule has 0 saturated heterocycles. The van der Waals surface area contributed by atoms with Gasteiger partial charge in [-0.3, -0.25) is 20.4 Å². The monoisotopic (exact) mass is 355 g/mol. The van der Waals surface area contributed by atoms with Gasteiger partial charge in [-0.2, -0.15) is 0 Å². The molecular weight excluding hydrogens is 345 g/mol. The fourth-order valence-electron chi connectivity index (χ4n) is 1.37. The molecule has 3 N–H and O–H groups in total. The lowest BCUT2D eigenvalue weighted by Crippen LogP contribution is -2.42. The molecule has 2 amide bonds. The average Bonchev–Trinajstić information content (AvgIpc) is 2.90. The van der Waals surface area contributed by atoms with E-state index in [1.54, 1.807) is 30.5 Å². The summed E-state index contributed by atoms with van der Waals surface area (Å²) in [7, 11) is 0. The van der Waals surface area contributed by atoms with Crippen LogP contribution in [0.25, 0.3) is 0 Å². The molecule has 0 fully saturated rings. The first-order chi connectivity index (χ1) is 8.68. The van der Waals surface area contributed by atoms with Crippen LogP contribution in [0.2, 0.25) is 0 Å². The molecule has 0 radical (unpaired) electrons. The van der Waals surface area contributed by atoms with Gasteiger partial charge >= 0.3 is 0 Å². The average molecular weight is 355 g/mol. The third-order valence-corrected chi connectivity index (χ3v) is 3.19. The molecule has 0 spiro atoms. The summed E-state index contributed by atoms with van der Waals surface area (Å²) in [6.07, 6.45) is 1.64. The molecule has 92 valence electrons. The van der Waals surface area contributed by atoms with Crippen molar-refractivity contribution in [2.45, 2.75) is 0 Å². The first-order valence-electron chi connectivity index (χ1n) is 5.17. The Morgan fingerprint density at radius 3 is 2.39 bits per heavy atom. The SMILES string of the molecule is O=C(NNC(=O)c1ccccc1I)c1ccc[nH]1. The third kappa shape index (κ3) is 2.89. The minimum absolute atomic E-state index is 0.347. The van der Waals surface area contributed by atoms with Crippen molar-refractivity contribution in [3.63, 3.8) is 0 Å². The van der Waals surface area contributed by atoms with Crippen molar-refractivity contribution in [2.24, 2.45) is 0 Å². The fraction of sp³-hybridized carbons (Fsp3) is 0. The molecule has 2 aromatic rings. The lowest BCUT2D eigenvalue weighted by molar-refractivity contribution is 0.0844. The number of hydrogen-bond donors (Lipinski definition) is 3. The largest absolute Gasteiger partial charge is 0.357 e. The van der Waals surface area contributed by atoms with E-state index in [0.29, 0.717) is 11.3 Å². The molecule has 0 bridgehead atoms. The summed E-state index contributed by atoms with van der Waals surface area (Å²) in [5.74, 6) is -0.737. The number of carbonyl (C=O) groups excluding carboxylic acids is 2. The van der Waals surface area contributed by atoms with Gasteiger partial charge in [0.05, 0.1) is 5.56 Å². The molecule has 18 heavy (non-hydrogen) atoms. The molecule has 0 aliphatic heterocycles. The van der Waals surface area contributed by atoms with Gasteiger partial charge in [0.1, 0.15) is 5.69 Å². The van der Waals surface area contributed by atoms with Crippen LogP contribution in [0.3, 0.4) is 0 Å². The van der Waals surface area contributed by atoms with Gasteiger partial charge in [-0.05, 0) is 46.9 Å². The minimum Gasteiger partial charge on any atom is -0.357 e. The highest BCUT2D eigenvalue weighted by Crippen LogP contribution is 2.10. The maximum absolute atomic E-state index is 11.8. The number of hydrogen-bond acceptors (Lipinski definition) is 2. The highest BCUT2D eigenvalue weighted by molar-refractivity contribution is 14.1. The van der Waals surface area contributed by atoms with Crippen LogP contribution in [-0.2, 0) is 0 Å². The van der Waals surface area contributed by atoms with E-state index in [2.05, 4.69) is 38.4 Å². The van der Waals surface area contributed by atoms with Crippen molar-refractivity contribution in [2.75, 3.05) is 0 Å². The van der Waals surface area contributed by atoms with E-state index in [0.717, 1.165) is 3.57 Å². The summed E-state index contributed by atoms with van der Waals surface area (Å²) < 4.78 is 0.821. The molecule has 0 saturated carbocycles. The van der Waals surface area contributed by atoms with Crippen LogP contribution < -0.4 is 10.9 Å². The van der Waals surface area contributed by atoms with Crippen molar-refractivity contribution in [1.29, 1.82) is 0 Å². The van der Waals surface area contributed by atoms with Crippen LogP contribution >= 0.6 is 22.6 Å². The molecular formula is C12H10IN3O2. The van der Waals surface area contributed by atoms with Crippen LogP contribution in [0.1, 0.15) is 20.8 Å². The zero-order chi connectivity index (χ0) is 13.0.